The van der Waals surface area contributed by atoms with Gasteiger partial charge in [-0.3, -0.25) is 0 Å². The molecule has 6 heteroatoms. The van der Waals surface area contributed by atoms with Gasteiger partial charge in [-0.15, -0.1) is 0 Å². The molecule has 0 spiro atoms. The molecule has 98 valence electrons. The molecule has 2 amide bonds. The van der Waals surface area contributed by atoms with Crippen molar-refractivity contribution in [3.63, 3.8) is 0 Å². The van der Waals surface area contributed by atoms with Crippen LogP contribution in [-0.2, 0) is 9.47 Å². The van der Waals surface area contributed by atoms with Gasteiger partial charge in [0.15, 0.2) is 0 Å². The van der Waals surface area contributed by atoms with Crippen molar-refractivity contribution < 1.29 is 19.1 Å². The minimum absolute atomic E-state index is 0.0658. The number of rotatable bonds is 5. The molecule has 0 heterocycles. The zero-order valence-corrected chi connectivity index (χ0v) is 10.1. The molecule has 0 saturated heterocycles. The van der Waals surface area contributed by atoms with Crippen LogP contribution < -0.4 is 11.1 Å². The molecule has 0 aliphatic carbocycles. The van der Waals surface area contributed by atoms with Crippen LogP contribution in [0.25, 0.3) is 0 Å². The normalized spacial score (nSPS) is 11.4. The summed E-state index contributed by atoms with van der Waals surface area (Å²) in [4.78, 5) is 21.6. The summed E-state index contributed by atoms with van der Waals surface area (Å²) in [6.07, 6.45) is -1.38. The van der Waals surface area contributed by atoms with Crippen molar-refractivity contribution in [3.8, 4) is 0 Å². The molecule has 18 heavy (non-hydrogen) atoms. The maximum atomic E-state index is 11.0. The summed E-state index contributed by atoms with van der Waals surface area (Å²) in [6, 6.07) is 9.30. The molecule has 0 fully saturated rings. The van der Waals surface area contributed by atoms with Gasteiger partial charge in [0.25, 0.3) is 0 Å². The highest BCUT2D eigenvalue weighted by Crippen LogP contribution is 2.16. The Hall–Kier alpha value is -2.24. The van der Waals surface area contributed by atoms with Gasteiger partial charge in [-0.25, -0.2) is 9.59 Å². The zero-order chi connectivity index (χ0) is 13.4. The van der Waals surface area contributed by atoms with Crippen LogP contribution in [0.1, 0.15) is 11.5 Å². The Morgan fingerprint density at radius 2 is 1.83 bits per heavy atom. The first-order chi connectivity index (χ1) is 8.63. The number of primary amides is 1. The van der Waals surface area contributed by atoms with Crippen molar-refractivity contribution in [2.45, 2.75) is 5.92 Å². The standard InChI is InChI=1S/C12H16N2O4/c1-14-12(16)18-8-10(7-17-11(13)15)9-5-3-2-4-6-9/h2-6,10H,7-8H2,1H3,(H2,13,15)(H,14,16). The number of nitrogens with one attached hydrogen (secondary N) is 1. The minimum Gasteiger partial charge on any atom is -0.449 e. The fraction of sp³-hybridized carbons (Fsp3) is 0.333. The van der Waals surface area contributed by atoms with Crippen LogP contribution in [0.15, 0.2) is 30.3 Å². The number of alkyl carbamates (subject to hydrolysis) is 1. The summed E-state index contributed by atoms with van der Waals surface area (Å²) in [5, 5.41) is 2.34. The summed E-state index contributed by atoms with van der Waals surface area (Å²) < 4.78 is 9.71. The summed E-state index contributed by atoms with van der Waals surface area (Å²) in [5.74, 6) is -0.240. The van der Waals surface area contributed by atoms with E-state index >= 15 is 0 Å². The van der Waals surface area contributed by atoms with Crippen LogP contribution in [0.2, 0.25) is 0 Å². The molecule has 0 aromatic heterocycles. The Labute approximate surface area is 105 Å². The predicted octanol–water partition coefficient (Wildman–Crippen LogP) is 1.22. The predicted molar refractivity (Wildman–Crippen MR) is 65.1 cm³/mol. The van der Waals surface area contributed by atoms with Crippen LogP contribution in [-0.4, -0.2) is 32.4 Å². The van der Waals surface area contributed by atoms with Gasteiger partial charge in [-0.1, -0.05) is 30.3 Å². The summed E-state index contributed by atoms with van der Waals surface area (Å²) in [7, 11) is 1.47. The first kappa shape index (κ1) is 13.8. The molecule has 0 bridgehead atoms. The smallest absolute Gasteiger partial charge is 0.406 e. The molecule has 3 N–H and O–H groups in total. The minimum atomic E-state index is -0.851. The third kappa shape index (κ3) is 4.73. The van der Waals surface area contributed by atoms with Crippen molar-refractivity contribution in [2.24, 2.45) is 5.73 Å². The van der Waals surface area contributed by atoms with Gasteiger partial charge in [-0.2, -0.15) is 0 Å². The van der Waals surface area contributed by atoms with Crippen molar-refractivity contribution in [3.05, 3.63) is 35.9 Å². The number of carbonyl (C=O) groups is 2. The monoisotopic (exact) mass is 252 g/mol. The van der Waals surface area contributed by atoms with Crippen LogP contribution in [0.4, 0.5) is 9.59 Å². The molecule has 1 atom stereocenters. The van der Waals surface area contributed by atoms with E-state index in [1.807, 2.05) is 30.3 Å². The maximum Gasteiger partial charge on any atom is 0.406 e. The first-order valence-electron chi connectivity index (χ1n) is 5.45. The molecule has 1 aromatic rings. The summed E-state index contributed by atoms with van der Waals surface area (Å²) in [5.41, 5.74) is 5.82. The van der Waals surface area contributed by atoms with E-state index in [2.05, 4.69) is 5.32 Å². The number of ether oxygens (including phenoxy) is 2. The lowest BCUT2D eigenvalue weighted by Gasteiger charge is -2.16. The van der Waals surface area contributed by atoms with Crippen molar-refractivity contribution >= 4 is 12.2 Å². The number of carbonyl (C=O) groups excluding carboxylic acids is 2. The average Bonchev–Trinajstić information content (AvgIpc) is 2.39. The van der Waals surface area contributed by atoms with E-state index in [1.165, 1.54) is 7.05 Å². The van der Waals surface area contributed by atoms with Crippen molar-refractivity contribution in [2.75, 3.05) is 20.3 Å². The highest BCUT2D eigenvalue weighted by atomic mass is 16.6. The van der Waals surface area contributed by atoms with Gasteiger partial charge < -0.3 is 20.5 Å². The molecule has 0 radical (unpaired) electrons. The molecule has 0 aliphatic rings. The number of benzene rings is 1. The molecule has 1 unspecified atom stereocenters. The van der Waals surface area contributed by atoms with E-state index in [0.29, 0.717) is 0 Å². The molecule has 0 saturated carbocycles. The third-order valence-electron chi connectivity index (χ3n) is 2.32. The molecule has 6 nitrogen and oxygen atoms in total. The van der Waals surface area contributed by atoms with Crippen molar-refractivity contribution in [1.29, 1.82) is 0 Å². The second-order valence-electron chi connectivity index (χ2n) is 3.59. The molecular formula is C12H16N2O4. The lowest BCUT2D eigenvalue weighted by Crippen LogP contribution is -2.25. The fourth-order valence-electron chi connectivity index (χ4n) is 1.40. The summed E-state index contributed by atoms with van der Waals surface area (Å²) >= 11 is 0. The molecule has 1 rings (SSSR count). The van der Waals surface area contributed by atoms with Gasteiger partial charge in [0, 0.05) is 7.05 Å². The van der Waals surface area contributed by atoms with E-state index < -0.39 is 12.2 Å². The van der Waals surface area contributed by atoms with Crippen LogP contribution in [0.5, 0.6) is 0 Å². The van der Waals surface area contributed by atoms with E-state index in [4.69, 9.17) is 15.2 Å². The van der Waals surface area contributed by atoms with Crippen LogP contribution in [0.3, 0.4) is 0 Å². The van der Waals surface area contributed by atoms with Crippen molar-refractivity contribution in [1.82, 2.24) is 5.32 Å². The lowest BCUT2D eigenvalue weighted by atomic mass is 10.0. The van der Waals surface area contributed by atoms with E-state index in [1.54, 1.807) is 0 Å². The van der Waals surface area contributed by atoms with Gasteiger partial charge in [0.05, 0.1) is 5.92 Å². The van der Waals surface area contributed by atoms with Crippen LogP contribution >= 0.6 is 0 Å². The molecule has 1 aromatic carbocycles. The fourth-order valence-corrected chi connectivity index (χ4v) is 1.40. The first-order valence-corrected chi connectivity index (χ1v) is 5.45. The highest BCUT2D eigenvalue weighted by molar-refractivity contribution is 5.66. The molecular weight excluding hydrogens is 236 g/mol. The van der Waals surface area contributed by atoms with E-state index in [0.717, 1.165) is 5.56 Å². The lowest BCUT2D eigenvalue weighted by molar-refractivity contribution is 0.112. The number of hydrogen-bond acceptors (Lipinski definition) is 4. The highest BCUT2D eigenvalue weighted by Gasteiger charge is 2.15. The Morgan fingerprint density at radius 1 is 1.22 bits per heavy atom. The Bertz CT molecular complexity index is 394. The topological polar surface area (TPSA) is 90.7 Å². The number of hydrogen-bond donors (Lipinski definition) is 2. The molecule has 0 aliphatic heterocycles. The van der Waals surface area contributed by atoms with E-state index in [9.17, 15) is 9.59 Å². The van der Waals surface area contributed by atoms with Gasteiger partial charge in [0.1, 0.15) is 13.2 Å². The SMILES string of the molecule is CNC(=O)OCC(COC(N)=O)c1ccccc1. The second-order valence-corrected chi connectivity index (χ2v) is 3.59. The quantitative estimate of drug-likeness (QED) is 0.824. The third-order valence-corrected chi connectivity index (χ3v) is 2.32. The van der Waals surface area contributed by atoms with Gasteiger partial charge >= 0.3 is 12.2 Å². The Balaban J connectivity index is 2.63. The Kier molecular flexibility index (Phi) is 5.50. The van der Waals surface area contributed by atoms with E-state index in [-0.39, 0.29) is 19.1 Å². The zero-order valence-electron chi connectivity index (χ0n) is 10.1. The second kappa shape index (κ2) is 7.16. The summed E-state index contributed by atoms with van der Waals surface area (Å²) in [6.45, 7) is 0.174. The largest absolute Gasteiger partial charge is 0.449 e. The number of nitrogens with two attached hydrogens (primary N) is 1. The number of amides is 2. The van der Waals surface area contributed by atoms with Crippen LogP contribution in [0, 0.1) is 0 Å². The Morgan fingerprint density at radius 3 is 2.39 bits per heavy atom. The maximum absolute atomic E-state index is 11.0. The van der Waals surface area contributed by atoms with Gasteiger partial charge in [0.2, 0.25) is 0 Å². The average molecular weight is 252 g/mol. The van der Waals surface area contributed by atoms with Gasteiger partial charge in [-0.05, 0) is 5.56 Å².